The second-order valence-electron chi connectivity index (χ2n) is 4.03. The summed E-state index contributed by atoms with van der Waals surface area (Å²) in [5.41, 5.74) is 5.79. The topological polar surface area (TPSA) is 35.2 Å². The molecule has 0 aromatic heterocycles. The van der Waals surface area contributed by atoms with Gasteiger partial charge in [-0.25, -0.2) is 0 Å². The standard InChI is InChI=1S/C9H19NO/c1-9(2,10)8-6-4-3-5-7-11-8/h8H,3-7,10H2,1-2H3. The zero-order valence-electron chi connectivity index (χ0n) is 7.60. The molecule has 0 amide bonds. The maximum Gasteiger partial charge on any atom is 0.0749 e. The molecule has 1 rings (SSSR count). The Morgan fingerprint density at radius 2 is 2.00 bits per heavy atom. The fraction of sp³-hybridized carbons (Fsp3) is 1.00. The lowest BCUT2D eigenvalue weighted by atomic mass is 9.95. The van der Waals surface area contributed by atoms with Crippen LogP contribution in [0.15, 0.2) is 0 Å². The Hall–Kier alpha value is -0.0800. The Morgan fingerprint density at radius 3 is 2.64 bits per heavy atom. The molecule has 66 valence electrons. The van der Waals surface area contributed by atoms with Gasteiger partial charge in [0.15, 0.2) is 0 Å². The van der Waals surface area contributed by atoms with Gasteiger partial charge >= 0.3 is 0 Å². The van der Waals surface area contributed by atoms with E-state index >= 15 is 0 Å². The van der Waals surface area contributed by atoms with Crippen LogP contribution in [-0.4, -0.2) is 18.2 Å². The van der Waals surface area contributed by atoms with Gasteiger partial charge in [-0.1, -0.05) is 12.8 Å². The maximum atomic E-state index is 5.95. The molecular weight excluding hydrogens is 138 g/mol. The molecule has 0 spiro atoms. The van der Waals surface area contributed by atoms with Gasteiger partial charge in [0.1, 0.15) is 0 Å². The Balaban J connectivity index is 2.43. The largest absolute Gasteiger partial charge is 0.376 e. The van der Waals surface area contributed by atoms with Crippen LogP contribution in [0.2, 0.25) is 0 Å². The summed E-state index contributed by atoms with van der Waals surface area (Å²) in [6, 6.07) is 0. The Bertz CT molecular complexity index is 109. The molecule has 0 aromatic carbocycles. The summed E-state index contributed by atoms with van der Waals surface area (Å²) in [4.78, 5) is 0. The second-order valence-corrected chi connectivity index (χ2v) is 4.03. The summed E-state index contributed by atoms with van der Waals surface area (Å²) in [7, 11) is 0. The van der Waals surface area contributed by atoms with Crippen molar-refractivity contribution < 1.29 is 4.74 Å². The number of nitrogens with two attached hydrogens (primary N) is 1. The van der Waals surface area contributed by atoms with Gasteiger partial charge in [0.2, 0.25) is 0 Å². The summed E-state index contributed by atoms with van der Waals surface area (Å²) < 4.78 is 5.64. The van der Waals surface area contributed by atoms with Crippen LogP contribution in [0.4, 0.5) is 0 Å². The lowest BCUT2D eigenvalue weighted by molar-refractivity contribution is 0.0146. The van der Waals surface area contributed by atoms with Gasteiger partial charge in [0, 0.05) is 12.1 Å². The smallest absolute Gasteiger partial charge is 0.0749 e. The fourth-order valence-electron chi connectivity index (χ4n) is 1.50. The van der Waals surface area contributed by atoms with E-state index in [0.717, 1.165) is 13.0 Å². The molecule has 0 bridgehead atoms. The molecule has 2 N–H and O–H groups in total. The zero-order chi connectivity index (χ0) is 8.32. The highest BCUT2D eigenvalue weighted by atomic mass is 16.5. The summed E-state index contributed by atoms with van der Waals surface area (Å²) in [5, 5.41) is 0. The van der Waals surface area contributed by atoms with Gasteiger partial charge < -0.3 is 10.5 Å². The van der Waals surface area contributed by atoms with Crippen LogP contribution in [-0.2, 0) is 4.74 Å². The predicted molar refractivity (Wildman–Crippen MR) is 46.5 cm³/mol. The molecule has 1 saturated heterocycles. The van der Waals surface area contributed by atoms with Crippen LogP contribution in [0.5, 0.6) is 0 Å². The number of ether oxygens (including phenoxy) is 1. The zero-order valence-corrected chi connectivity index (χ0v) is 7.60. The number of hydrogen-bond donors (Lipinski definition) is 1. The molecule has 1 heterocycles. The third-order valence-electron chi connectivity index (χ3n) is 2.26. The summed E-state index contributed by atoms with van der Waals surface area (Å²) >= 11 is 0. The van der Waals surface area contributed by atoms with Gasteiger partial charge in [-0.3, -0.25) is 0 Å². The molecular formula is C9H19NO. The molecule has 0 saturated carbocycles. The average molecular weight is 157 g/mol. The Kier molecular flexibility index (Phi) is 2.90. The molecule has 1 unspecified atom stereocenters. The average Bonchev–Trinajstić information content (AvgIpc) is 2.10. The minimum atomic E-state index is -0.162. The number of rotatable bonds is 1. The molecule has 0 radical (unpaired) electrons. The van der Waals surface area contributed by atoms with E-state index in [2.05, 4.69) is 0 Å². The first-order valence-corrected chi connectivity index (χ1v) is 4.51. The highest BCUT2D eigenvalue weighted by Crippen LogP contribution is 2.20. The molecule has 1 fully saturated rings. The summed E-state index contributed by atoms with van der Waals surface area (Å²) in [6.45, 7) is 4.98. The van der Waals surface area contributed by atoms with Gasteiger partial charge in [0.05, 0.1) is 6.10 Å². The van der Waals surface area contributed by atoms with E-state index in [1.54, 1.807) is 0 Å². The van der Waals surface area contributed by atoms with Crippen molar-refractivity contribution in [1.82, 2.24) is 0 Å². The normalized spacial score (nSPS) is 28.1. The van der Waals surface area contributed by atoms with E-state index in [0.29, 0.717) is 0 Å². The first kappa shape index (κ1) is 9.01. The Morgan fingerprint density at radius 1 is 1.27 bits per heavy atom. The van der Waals surface area contributed by atoms with Gasteiger partial charge in [-0.05, 0) is 26.7 Å². The van der Waals surface area contributed by atoms with Crippen molar-refractivity contribution in [3.63, 3.8) is 0 Å². The van der Waals surface area contributed by atoms with Crippen molar-refractivity contribution >= 4 is 0 Å². The van der Waals surface area contributed by atoms with Crippen molar-refractivity contribution in [3.05, 3.63) is 0 Å². The molecule has 1 atom stereocenters. The van der Waals surface area contributed by atoms with Gasteiger partial charge in [-0.15, -0.1) is 0 Å². The molecule has 1 aliphatic rings. The van der Waals surface area contributed by atoms with Crippen LogP contribution in [0.1, 0.15) is 39.5 Å². The molecule has 11 heavy (non-hydrogen) atoms. The van der Waals surface area contributed by atoms with E-state index in [1.807, 2.05) is 13.8 Å². The van der Waals surface area contributed by atoms with Crippen LogP contribution in [0, 0.1) is 0 Å². The lowest BCUT2D eigenvalue weighted by Crippen LogP contribution is -2.46. The van der Waals surface area contributed by atoms with Crippen LogP contribution in [0.25, 0.3) is 0 Å². The van der Waals surface area contributed by atoms with Crippen LogP contribution < -0.4 is 5.73 Å². The number of hydrogen-bond acceptors (Lipinski definition) is 2. The van der Waals surface area contributed by atoms with Gasteiger partial charge in [0.25, 0.3) is 0 Å². The third kappa shape index (κ3) is 2.80. The molecule has 2 nitrogen and oxygen atoms in total. The minimum absolute atomic E-state index is 0.162. The highest BCUT2D eigenvalue weighted by molar-refractivity contribution is 4.84. The maximum absolute atomic E-state index is 5.95. The van der Waals surface area contributed by atoms with E-state index in [4.69, 9.17) is 10.5 Å². The van der Waals surface area contributed by atoms with E-state index < -0.39 is 0 Å². The monoisotopic (exact) mass is 157 g/mol. The van der Waals surface area contributed by atoms with E-state index in [-0.39, 0.29) is 11.6 Å². The van der Waals surface area contributed by atoms with Crippen molar-refractivity contribution in [2.45, 2.75) is 51.2 Å². The van der Waals surface area contributed by atoms with Crippen molar-refractivity contribution in [3.8, 4) is 0 Å². The van der Waals surface area contributed by atoms with Crippen molar-refractivity contribution in [2.24, 2.45) is 5.73 Å². The Labute approximate surface area is 69.1 Å². The van der Waals surface area contributed by atoms with Gasteiger partial charge in [-0.2, -0.15) is 0 Å². The first-order valence-electron chi connectivity index (χ1n) is 4.51. The summed E-state index contributed by atoms with van der Waals surface area (Å²) in [6.07, 6.45) is 5.17. The quantitative estimate of drug-likeness (QED) is 0.628. The summed E-state index contributed by atoms with van der Waals surface area (Å²) in [5.74, 6) is 0. The van der Waals surface area contributed by atoms with Crippen LogP contribution in [0.3, 0.4) is 0 Å². The predicted octanol–water partition coefficient (Wildman–Crippen LogP) is 1.68. The minimum Gasteiger partial charge on any atom is -0.376 e. The van der Waals surface area contributed by atoms with Crippen molar-refractivity contribution in [1.29, 1.82) is 0 Å². The molecule has 1 aliphatic heterocycles. The third-order valence-corrected chi connectivity index (χ3v) is 2.26. The van der Waals surface area contributed by atoms with E-state index in [9.17, 15) is 0 Å². The first-order chi connectivity index (χ1) is 5.11. The molecule has 2 heteroatoms. The van der Waals surface area contributed by atoms with Crippen molar-refractivity contribution in [2.75, 3.05) is 6.61 Å². The SMILES string of the molecule is CC(C)(N)C1CCCCCO1. The van der Waals surface area contributed by atoms with E-state index in [1.165, 1.54) is 19.3 Å². The molecule has 0 aromatic rings. The van der Waals surface area contributed by atoms with Crippen LogP contribution >= 0.6 is 0 Å². The fourth-order valence-corrected chi connectivity index (χ4v) is 1.50. The second kappa shape index (κ2) is 3.55. The molecule has 0 aliphatic carbocycles. The highest BCUT2D eigenvalue weighted by Gasteiger charge is 2.26. The lowest BCUT2D eigenvalue weighted by Gasteiger charge is -2.29.